The van der Waals surface area contributed by atoms with E-state index in [0.29, 0.717) is 36.5 Å². The van der Waals surface area contributed by atoms with Gasteiger partial charge in [-0.15, -0.1) is 11.6 Å². The zero-order valence-corrected chi connectivity index (χ0v) is 10.5. The van der Waals surface area contributed by atoms with Gasteiger partial charge in [-0.1, -0.05) is 12.1 Å². The van der Waals surface area contributed by atoms with Gasteiger partial charge in [-0.25, -0.2) is 4.79 Å². The normalized spacial score (nSPS) is 10.0. The van der Waals surface area contributed by atoms with E-state index in [-0.39, 0.29) is 11.8 Å². The van der Waals surface area contributed by atoms with E-state index in [1.165, 1.54) is 0 Å². The van der Waals surface area contributed by atoms with E-state index in [4.69, 9.17) is 16.3 Å². The highest BCUT2D eigenvalue weighted by molar-refractivity contribution is 6.18. The fourth-order valence-electron chi connectivity index (χ4n) is 1.38. The van der Waals surface area contributed by atoms with Gasteiger partial charge < -0.3 is 4.74 Å². The van der Waals surface area contributed by atoms with Gasteiger partial charge >= 0.3 is 5.97 Å². The predicted molar refractivity (Wildman–Crippen MR) is 66.7 cm³/mol. The fraction of sp³-hybridized carbons (Fsp3) is 0.385. The molecule has 0 aliphatic heterocycles. The SMILES string of the molecule is CCOC(=O)c1ccc(C(=O)CCCCl)cc1. The van der Waals surface area contributed by atoms with E-state index >= 15 is 0 Å². The molecular formula is C13H15ClO3. The van der Waals surface area contributed by atoms with Gasteiger partial charge in [0.25, 0.3) is 0 Å². The van der Waals surface area contributed by atoms with Crippen molar-refractivity contribution in [1.29, 1.82) is 0 Å². The van der Waals surface area contributed by atoms with Crippen LogP contribution in [0, 0.1) is 0 Å². The van der Waals surface area contributed by atoms with Crippen LogP contribution in [0.15, 0.2) is 24.3 Å². The van der Waals surface area contributed by atoms with Crippen molar-refractivity contribution in [3.05, 3.63) is 35.4 Å². The quantitative estimate of drug-likeness (QED) is 0.445. The number of alkyl halides is 1. The zero-order valence-electron chi connectivity index (χ0n) is 9.74. The number of benzene rings is 1. The third kappa shape index (κ3) is 4.19. The van der Waals surface area contributed by atoms with Gasteiger partial charge in [-0.3, -0.25) is 4.79 Å². The fourth-order valence-corrected chi connectivity index (χ4v) is 1.51. The largest absolute Gasteiger partial charge is 0.462 e. The maximum Gasteiger partial charge on any atom is 0.338 e. The van der Waals surface area contributed by atoms with E-state index in [0.717, 1.165) is 0 Å². The molecule has 0 amide bonds. The summed E-state index contributed by atoms with van der Waals surface area (Å²) in [5, 5.41) is 0. The molecule has 0 saturated carbocycles. The Morgan fingerprint density at radius 2 is 1.76 bits per heavy atom. The molecular weight excluding hydrogens is 240 g/mol. The van der Waals surface area contributed by atoms with Crippen molar-refractivity contribution in [2.75, 3.05) is 12.5 Å². The summed E-state index contributed by atoms with van der Waals surface area (Å²) in [6.45, 7) is 2.09. The predicted octanol–water partition coefficient (Wildman–Crippen LogP) is 3.07. The number of Topliss-reactive ketones (excluding diaryl/α,β-unsaturated/α-hetero) is 1. The Morgan fingerprint density at radius 1 is 1.18 bits per heavy atom. The first-order valence-electron chi connectivity index (χ1n) is 5.55. The lowest BCUT2D eigenvalue weighted by Crippen LogP contribution is -2.05. The summed E-state index contributed by atoms with van der Waals surface area (Å²) in [5.41, 5.74) is 1.06. The van der Waals surface area contributed by atoms with Crippen LogP contribution in [0.1, 0.15) is 40.5 Å². The number of hydrogen-bond acceptors (Lipinski definition) is 3. The Labute approximate surface area is 106 Å². The van der Waals surface area contributed by atoms with E-state index in [1.54, 1.807) is 31.2 Å². The summed E-state index contributed by atoms with van der Waals surface area (Å²) in [5.74, 6) is 0.153. The number of ketones is 1. The number of esters is 1. The van der Waals surface area contributed by atoms with Crippen molar-refractivity contribution in [2.45, 2.75) is 19.8 Å². The van der Waals surface area contributed by atoms with Gasteiger partial charge in [-0.05, 0) is 25.5 Å². The van der Waals surface area contributed by atoms with Crippen LogP contribution in [-0.4, -0.2) is 24.2 Å². The van der Waals surface area contributed by atoms with Crippen LogP contribution in [0.5, 0.6) is 0 Å². The Balaban J connectivity index is 2.67. The summed E-state index contributed by atoms with van der Waals surface area (Å²) < 4.78 is 4.85. The van der Waals surface area contributed by atoms with Crippen molar-refractivity contribution < 1.29 is 14.3 Å². The molecule has 0 spiro atoms. The molecule has 92 valence electrons. The highest BCUT2D eigenvalue weighted by Gasteiger charge is 2.09. The van der Waals surface area contributed by atoms with Gasteiger partial charge in [-0.2, -0.15) is 0 Å². The summed E-state index contributed by atoms with van der Waals surface area (Å²) in [6.07, 6.45) is 1.10. The molecule has 0 saturated heterocycles. The van der Waals surface area contributed by atoms with Crippen LogP contribution in [0.3, 0.4) is 0 Å². The second-order valence-corrected chi connectivity index (χ2v) is 3.89. The van der Waals surface area contributed by atoms with Gasteiger partial charge in [0.2, 0.25) is 0 Å². The molecule has 3 nitrogen and oxygen atoms in total. The Hall–Kier alpha value is -1.35. The number of halogens is 1. The average Bonchev–Trinajstić information content (AvgIpc) is 2.36. The van der Waals surface area contributed by atoms with Gasteiger partial charge in [0, 0.05) is 17.9 Å². The molecule has 0 aliphatic rings. The molecule has 1 aromatic rings. The van der Waals surface area contributed by atoms with Gasteiger partial charge in [0.1, 0.15) is 0 Å². The lowest BCUT2D eigenvalue weighted by Gasteiger charge is -2.03. The lowest BCUT2D eigenvalue weighted by atomic mass is 10.1. The van der Waals surface area contributed by atoms with Crippen molar-refractivity contribution in [1.82, 2.24) is 0 Å². The third-order valence-corrected chi connectivity index (χ3v) is 2.52. The molecule has 1 rings (SSSR count). The summed E-state index contributed by atoms with van der Waals surface area (Å²) >= 11 is 5.52. The minimum Gasteiger partial charge on any atom is -0.462 e. The maximum atomic E-state index is 11.6. The van der Waals surface area contributed by atoms with Crippen LogP contribution in [0.2, 0.25) is 0 Å². The lowest BCUT2D eigenvalue weighted by molar-refractivity contribution is 0.0526. The molecule has 0 fully saturated rings. The highest BCUT2D eigenvalue weighted by Crippen LogP contribution is 2.09. The molecule has 17 heavy (non-hydrogen) atoms. The Bertz CT molecular complexity index is 384. The van der Waals surface area contributed by atoms with Crippen LogP contribution >= 0.6 is 11.6 Å². The molecule has 0 atom stereocenters. The minimum atomic E-state index is -0.368. The van der Waals surface area contributed by atoms with Crippen molar-refractivity contribution >= 4 is 23.4 Å². The molecule has 4 heteroatoms. The van der Waals surface area contributed by atoms with Crippen LogP contribution in [-0.2, 0) is 4.74 Å². The number of rotatable bonds is 6. The first-order valence-corrected chi connectivity index (χ1v) is 6.08. The van der Waals surface area contributed by atoms with Crippen molar-refractivity contribution in [2.24, 2.45) is 0 Å². The van der Waals surface area contributed by atoms with Crippen LogP contribution in [0.4, 0.5) is 0 Å². The monoisotopic (exact) mass is 254 g/mol. The standard InChI is InChI=1S/C13H15ClO3/c1-2-17-13(16)11-7-5-10(6-8-11)12(15)4-3-9-14/h5-8H,2-4,9H2,1H3. The van der Waals surface area contributed by atoms with E-state index in [9.17, 15) is 9.59 Å². The topological polar surface area (TPSA) is 43.4 Å². The number of ether oxygens (including phenoxy) is 1. The van der Waals surface area contributed by atoms with Gasteiger partial charge in [0.05, 0.1) is 12.2 Å². The number of carbonyl (C=O) groups excluding carboxylic acids is 2. The number of carbonyl (C=O) groups is 2. The molecule has 0 N–H and O–H groups in total. The van der Waals surface area contributed by atoms with Crippen molar-refractivity contribution in [3.63, 3.8) is 0 Å². The van der Waals surface area contributed by atoms with E-state index in [1.807, 2.05) is 0 Å². The number of hydrogen-bond donors (Lipinski definition) is 0. The molecule has 0 bridgehead atoms. The Kier molecular flexibility index (Phi) is 5.70. The van der Waals surface area contributed by atoms with Crippen LogP contribution < -0.4 is 0 Å². The maximum absolute atomic E-state index is 11.6. The smallest absolute Gasteiger partial charge is 0.338 e. The first-order chi connectivity index (χ1) is 8.19. The molecule has 0 heterocycles. The molecule has 0 unspecified atom stereocenters. The summed E-state index contributed by atoms with van der Waals surface area (Å²) in [4.78, 5) is 23.0. The summed E-state index contributed by atoms with van der Waals surface area (Å²) in [6, 6.07) is 6.49. The zero-order chi connectivity index (χ0) is 12.7. The second-order valence-electron chi connectivity index (χ2n) is 3.51. The van der Waals surface area contributed by atoms with Crippen molar-refractivity contribution in [3.8, 4) is 0 Å². The average molecular weight is 255 g/mol. The molecule has 1 aromatic carbocycles. The Morgan fingerprint density at radius 3 is 2.29 bits per heavy atom. The first kappa shape index (κ1) is 13.7. The summed E-state index contributed by atoms with van der Waals surface area (Å²) in [7, 11) is 0. The second kappa shape index (κ2) is 7.07. The minimum absolute atomic E-state index is 0.0426. The molecule has 0 radical (unpaired) electrons. The molecule has 0 aromatic heterocycles. The third-order valence-electron chi connectivity index (χ3n) is 2.26. The van der Waals surface area contributed by atoms with Gasteiger partial charge in [0.15, 0.2) is 5.78 Å². The molecule has 0 aliphatic carbocycles. The van der Waals surface area contributed by atoms with Crippen LogP contribution in [0.25, 0.3) is 0 Å². The highest BCUT2D eigenvalue weighted by atomic mass is 35.5. The van der Waals surface area contributed by atoms with E-state index in [2.05, 4.69) is 0 Å². The van der Waals surface area contributed by atoms with E-state index < -0.39 is 0 Å².